The molecule has 0 aliphatic carbocycles. The van der Waals surface area contributed by atoms with Crippen molar-refractivity contribution in [2.75, 3.05) is 13.4 Å². The highest BCUT2D eigenvalue weighted by atomic mass is 32.2. The second-order valence-corrected chi connectivity index (χ2v) is 6.50. The molecule has 1 atom stereocenters. The van der Waals surface area contributed by atoms with Gasteiger partial charge in [-0.25, -0.2) is 14.5 Å². The van der Waals surface area contributed by atoms with E-state index in [1.807, 2.05) is 6.07 Å². The minimum Gasteiger partial charge on any atom is -0.495 e. The number of hydrogen-bond donors (Lipinski definition) is 1. The van der Waals surface area contributed by atoms with Crippen molar-refractivity contribution in [1.29, 1.82) is 0 Å². The second kappa shape index (κ2) is 6.86. The molecule has 0 fully saturated rings. The Balaban J connectivity index is 2.10. The van der Waals surface area contributed by atoms with Gasteiger partial charge in [-0.2, -0.15) is 5.10 Å². The van der Waals surface area contributed by atoms with Gasteiger partial charge in [0, 0.05) is 18.0 Å². The topological polar surface area (TPSA) is 94.3 Å². The van der Waals surface area contributed by atoms with Gasteiger partial charge in [0.15, 0.2) is 5.82 Å². The summed E-state index contributed by atoms with van der Waals surface area (Å²) in [5, 5.41) is 13.4. The van der Waals surface area contributed by atoms with Gasteiger partial charge in [0.2, 0.25) is 0 Å². The molecule has 1 unspecified atom stereocenters. The van der Waals surface area contributed by atoms with E-state index in [1.54, 1.807) is 35.3 Å². The number of methoxy groups -OCH3 is 1. The fraction of sp³-hybridized carbons (Fsp3) is 0.118. The molecule has 0 spiro atoms. The van der Waals surface area contributed by atoms with Crippen LogP contribution in [0.15, 0.2) is 53.7 Å². The molecule has 2 aromatic heterocycles. The van der Waals surface area contributed by atoms with Crippen molar-refractivity contribution in [1.82, 2.24) is 14.8 Å². The number of rotatable bonds is 5. The predicted octanol–water partition coefficient (Wildman–Crippen LogP) is 2.38. The largest absolute Gasteiger partial charge is 0.495 e. The van der Waals surface area contributed by atoms with Crippen molar-refractivity contribution in [3.05, 3.63) is 54.4 Å². The molecule has 0 saturated carbocycles. The summed E-state index contributed by atoms with van der Waals surface area (Å²) in [5.41, 5.74) is 1.62. The van der Waals surface area contributed by atoms with Gasteiger partial charge in [0.05, 0.1) is 40.3 Å². The molecular formula is C17H15N3O4S. The minimum atomic E-state index is -1.17. The quantitative estimate of drug-likeness (QED) is 0.753. The average Bonchev–Trinajstić information content (AvgIpc) is 3.10. The number of nitrogens with zero attached hydrogens (tertiary/aromatic N) is 3. The lowest BCUT2D eigenvalue weighted by Crippen LogP contribution is -2.05. The first-order valence-corrected chi connectivity index (χ1v) is 8.82. The molecule has 8 heteroatoms. The lowest BCUT2D eigenvalue weighted by Gasteiger charge is -2.11. The number of pyridine rings is 1. The van der Waals surface area contributed by atoms with E-state index in [1.165, 1.54) is 25.4 Å². The maximum absolute atomic E-state index is 11.8. The number of aromatic carboxylic acids is 1. The SMILES string of the molecule is COc1cc(-c2ccnn2-c2cc(C(=O)O)ccn2)ccc1S(C)=O. The molecule has 0 radical (unpaired) electrons. The van der Waals surface area contributed by atoms with E-state index < -0.39 is 16.8 Å². The Labute approximate surface area is 146 Å². The molecule has 0 saturated heterocycles. The van der Waals surface area contributed by atoms with Gasteiger partial charge in [-0.15, -0.1) is 0 Å². The maximum atomic E-state index is 11.8. The number of benzene rings is 1. The van der Waals surface area contributed by atoms with E-state index in [0.717, 1.165) is 5.56 Å². The fourth-order valence-corrected chi connectivity index (χ4v) is 3.12. The highest BCUT2D eigenvalue weighted by molar-refractivity contribution is 7.84. The van der Waals surface area contributed by atoms with Crippen LogP contribution in [0.4, 0.5) is 0 Å². The molecule has 0 aliphatic rings. The summed E-state index contributed by atoms with van der Waals surface area (Å²) in [7, 11) is 0.348. The lowest BCUT2D eigenvalue weighted by atomic mass is 10.1. The van der Waals surface area contributed by atoms with Crippen molar-refractivity contribution in [3.63, 3.8) is 0 Å². The van der Waals surface area contributed by atoms with Gasteiger partial charge in [0.1, 0.15) is 5.75 Å². The Kier molecular flexibility index (Phi) is 4.62. The first kappa shape index (κ1) is 16.8. The van der Waals surface area contributed by atoms with E-state index in [9.17, 15) is 9.00 Å². The van der Waals surface area contributed by atoms with E-state index in [4.69, 9.17) is 9.84 Å². The molecular weight excluding hydrogens is 342 g/mol. The lowest BCUT2D eigenvalue weighted by molar-refractivity contribution is 0.0696. The van der Waals surface area contributed by atoms with Crippen LogP contribution >= 0.6 is 0 Å². The molecule has 7 nitrogen and oxygen atoms in total. The third kappa shape index (κ3) is 3.29. The fourth-order valence-electron chi connectivity index (χ4n) is 2.44. The maximum Gasteiger partial charge on any atom is 0.335 e. The van der Waals surface area contributed by atoms with Gasteiger partial charge in [0.25, 0.3) is 0 Å². The summed E-state index contributed by atoms with van der Waals surface area (Å²) in [6.07, 6.45) is 4.61. The van der Waals surface area contributed by atoms with Crippen molar-refractivity contribution in [3.8, 4) is 22.8 Å². The van der Waals surface area contributed by atoms with Crippen LogP contribution in [0.5, 0.6) is 5.75 Å². The van der Waals surface area contributed by atoms with Crippen LogP contribution in [0.25, 0.3) is 17.1 Å². The van der Waals surface area contributed by atoms with Gasteiger partial charge in [-0.3, -0.25) is 4.21 Å². The van der Waals surface area contributed by atoms with Crippen LogP contribution in [0, 0.1) is 0 Å². The molecule has 0 aliphatic heterocycles. The smallest absolute Gasteiger partial charge is 0.335 e. The summed E-state index contributed by atoms with van der Waals surface area (Å²) in [4.78, 5) is 16.0. The Morgan fingerprint density at radius 2 is 2.00 bits per heavy atom. The number of carboxylic acid groups (broad SMARTS) is 1. The molecule has 3 rings (SSSR count). The van der Waals surface area contributed by atoms with E-state index in [0.29, 0.717) is 22.2 Å². The van der Waals surface area contributed by atoms with E-state index in [-0.39, 0.29) is 5.56 Å². The van der Waals surface area contributed by atoms with Gasteiger partial charge in [-0.1, -0.05) is 6.07 Å². The predicted molar refractivity (Wildman–Crippen MR) is 92.6 cm³/mol. The number of hydrogen-bond acceptors (Lipinski definition) is 5. The Hall–Kier alpha value is -3.00. The van der Waals surface area contributed by atoms with Crippen LogP contribution in [0.2, 0.25) is 0 Å². The van der Waals surface area contributed by atoms with Gasteiger partial charge < -0.3 is 9.84 Å². The zero-order valence-corrected chi connectivity index (χ0v) is 14.4. The zero-order valence-electron chi connectivity index (χ0n) is 13.5. The summed E-state index contributed by atoms with van der Waals surface area (Å²) in [6.45, 7) is 0. The molecule has 25 heavy (non-hydrogen) atoms. The Morgan fingerprint density at radius 3 is 2.68 bits per heavy atom. The molecule has 2 heterocycles. The number of carbonyl (C=O) groups is 1. The molecule has 0 amide bonds. The molecule has 1 N–H and O–H groups in total. The van der Waals surface area contributed by atoms with Crippen molar-refractivity contribution in [2.45, 2.75) is 4.90 Å². The molecule has 128 valence electrons. The Morgan fingerprint density at radius 1 is 1.20 bits per heavy atom. The highest BCUT2D eigenvalue weighted by Crippen LogP contribution is 2.29. The van der Waals surface area contributed by atoms with E-state index in [2.05, 4.69) is 10.1 Å². The molecule has 3 aromatic rings. The van der Waals surface area contributed by atoms with Crippen LogP contribution in [-0.4, -0.2) is 43.4 Å². The zero-order chi connectivity index (χ0) is 18.0. The third-order valence-electron chi connectivity index (χ3n) is 3.62. The van der Waals surface area contributed by atoms with Crippen LogP contribution in [0.1, 0.15) is 10.4 Å². The van der Waals surface area contributed by atoms with Crippen LogP contribution in [0.3, 0.4) is 0 Å². The number of aromatic nitrogens is 3. The van der Waals surface area contributed by atoms with Crippen molar-refractivity contribution >= 4 is 16.8 Å². The first-order chi connectivity index (χ1) is 12.0. The van der Waals surface area contributed by atoms with Crippen LogP contribution in [-0.2, 0) is 10.8 Å². The minimum absolute atomic E-state index is 0.126. The van der Waals surface area contributed by atoms with Crippen molar-refractivity contribution in [2.24, 2.45) is 0 Å². The standard InChI is InChI=1S/C17H15N3O4S/c1-24-14-9-11(3-4-15(14)25(2)23)13-6-8-19-20(13)16-10-12(17(21)22)5-7-18-16/h3-10H,1-2H3,(H,21,22). The van der Waals surface area contributed by atoms with Crippen molar-refractivity contribution < 1.29 is 18.8 Å². The van der Waals surface area contributed by atoms with E-state index >= 15 is 0 Å². The third-order valence-corrected chi connectivity index (χ3v) is 4.58. The molecule has 1 aromatic carbocycles. The van der Waals surface area contributed by atoms with Gasteiger partial charge in [-0.05, 0) is 30.3 Å². The highest BCUT2D eigenvalue weighted by Gasteiger charge is 2.14. The molecule has 0 bridgehead atoms. The summed E-state index contributed by atoms with van der Waals surface area (Å²) in [5.74, 6) is -0.130. The number of ether oxygens (including phenoxy) is 1. The van der Waals surface area contributed by atoms with Crippen LogP contribution < -0.4 is 4.74 Å². The van der Waals surface area contributed by atoms with Gasteiger partial charge >= 0.3 is 5.97 Å². The summed E-state index contributed by atoms with van der Waals surface area (Å²) >= 11 is 0. The number of carboxylic acids is 1. The normalized spacial score (nSPS) is 11.9. The summed E-state index contributed by atoms with van der Waals surface area (Å²) in [6, 6.07) is 9.98. The average molecular weight is 357 g/mol. The monoisotopic (exact) mass is 357 g/mol. The Bertz CT molecular complexity index is 968. The second-order valence-electron chi connectivity index (χ2n) is 5.16. The first-order valence-electron chi connectivity index (χ1n) is 7.27. The summed E-state index contributed by atoms with van der Waals surface area (Å²) < 4.78 is 18.6.